The number of carbonyl (C=O) groups excluding carboxylic acids is 1. The van der Waals surface area contributed by atoms with Crippen molar-refractivity contribution in [2.45, 2.75) is 38.6 Å². The molecule has 0 unspecified atom stereocenters. The van der Waals surface area contributed by atoms with Crippen LogP contribution in [0.2, 0.25) is 0 Å². The Hall–Kier alpha value is -1.38. The zero-order chi connectivity index (χ0) is 12.5. The Morgan fingerprint density at radius 2 is 1.88 bits per heavy atom. The molecule has 0 radical (unpaired) electrons. The predicted molar refractivity (Wildman–Crippen MR) is 64.9 cm³/mol. The molecule has 2 rings (SSSR count). The third-order valence-electron chi connectivity index (χ3n) is 3.49. The third kappa shape index (κ3) is 2.33. The molecule has 2 nitrogen and oxygen atoms in total. The summed E-state index contributed by atoms with van der Waals surface area (Å²) in [5.41, 5.74) is 0.758. The molecule has 0 saturated heterocycles. The van der Waals surface area contributed by atoms with E-state index in [1.165, 1.54) is 12.1 Å². The number of nitrogens with one attached hydrogen (secondary N) is 1. The highest BCUT2D eigenvalue weighted by molar-refractivity contribution is 5.79. The molecule has 0 aliphatic heterocycles. The molecule has 1 saturated carbocycles. The van der Waals surface area contributed by atoms with Crippen LogP contribution in [0.15, 0.2) is 24.3 Å². The van der Waals surface area contributed by atoms with Gasteiger partial charge in [0.1, 0.15) is 5.82 Å². The largest absolute Gasteiger partial charge is 0.346 e. The Morgan fingerprint density at radius 1 is 1.29 bits per heavy atom. The summed E-state index contributed by atoms with van der Waals surface area (Å²) in [6, 6.07) is 6.46. The standard InChI is InChI=1S/C14H18FNO/c1-10(2)13(17)16-14(8-3-9-14)11-4-6-12(15)7-5-11/h4-7,10H,3,8-9H2,1-2H3,(H,16,17). The molecular weight excluding hydrogens is 217 g/mol. The maximum Gasteiger partial charge on any atom is 0.223 e. The highest BCUT2D eigenvalue weighted by Gasteiger charge is 2.40. The first kappa shape index (κ1) is 12.1. The summed E-state index contributed by atoms with van der Waals surface area (Å²) in [6.45, 7) is 3.76. The van der Waals surface area contributed by atoms with E-state index < -0.39 is 0 Å². The fourth-order valence-electron chi connectivity index (χ4n) is 2.17. The van der Waals surface area contributed by atoms with Gasteiger partial charge in [-0.1, -0.05) is 26.0 Å². The molecule has 1 aromatic rings. The van der Waals surface area contributed by atoms with E-state index >= 15 is 0 Å². The minimum Gasteiger partial charge on any atom is -0.346 e. The van der Waals surface area contributed by atoms with Crippen LogP contribution < -0.4 is 5.32 Å². The SMILES string of the molecule is CC(C)C(=O)NC1(c2ccc(F)cc2)CCC1. The van der Waals surface area contributed by atoms with Gasteiger partial charge in [-0.3, -0.25) is 4.79 Å². The van der Waals surface area contributed by atoms with Gasteiger partial charge >= 0.3 is 0 Å². The van der Waals surface area contributed by atoms with E-state index in [0.717, 1.165) is 24.8 Å². The fraction of sp³-hybridized carbons (Fsp3) is 0.500. The second-order valence-electron chi connectivity index (χ2n) is 5.09. The second-order valence-corrected chi connectivity index (χ2v) is 5.09. The number of benzene rings is 1. The number of amides is 1. The summed E-state index contributed by atoms with van der Waals surface area (Å²) >= 11 is 0. The van der Waals surface area contributed by atoms with Crippen molar-refractivity contribution in [1.82, 2.24) is 5.32 Å². The lowest BCUT2D eigenvalue weighted by atomic mass is 9.71. The van der Waals surface area contributed by atoms with Gasteiger partial charge in [0.05, 0.1) is 5.54 Å². The zero-order valence-corrected chi connectivity index (χ0v) is 10.3. The van der Waals surface area contributed by atoms with E-state index in [-0.39, 0.29) is 23.2 Å². The average molecular weight is 235 g/mol. The lowest BCUT2D eigenvalue weighted by molar-refractivity contribution is -0.127. The summed E-state index contributed by atoms with van der Waals surface area (Å²) < 4.78 is 12.9. The quantitative estimate of drug-likeness (QED) is 0.857. The third-order valence-corrected chi connectivity index (χ3v) is 3.49. The van der Waals surface area contributed by atoms with Crippen molar-refractivity contribution in [3.05, 3.63) is 35.6 Å². The fourth-order valence-corrected chi connectivity index (χ4v) is 2.17. The summed E-state index contributed by atoms with van der Waals surface area (Å²) in [6.07, 6.45) is 2.99. The number of rotatable bonds is 3. The van der Waals surface area contributed by atoms with E-state index in [1.54, 1.807) is 12.1 Å². The lowest BCUT2D eigenvalue weighted by Gasteiger charge is -2.43. The molecule has 1 aliphatic carbocycles. The maximum atomic E-state index is 12.9. The second kappa shape index (κ2) is 4.47. The van der Waals surface area contributed by atoms with E-state index in [0.29, 0.717) is 0 Å². The average Bonchev–Trinajstić information content (AvgIpc) is 2.24. The first-order valence-electron chi connectivity index (χ1n) is 6.11. The number of hydrogen-bond acceptors (Lipinski definition) is 1. The normalized spacial score (nSPS) is 17.6. The van der Waals surface area contributed by atoms with Gasteiger partial charge in [-0.25, -0.2) is 4.39 Å². The van der Waals surface area contributed by atoms with Gasteiger partial charge in [-0.05, 0) is 37.0 Å². The highest BCUT2D eigenvalue weighted by Crippen LogP contribution is 2.41. The Labute approximate surface area is 101 Å². The molecule has 17 heavy (non-hydrogen) atoms. The van der Waals surface area contributed by atoms with Gasteiger partial charge in [-0.2, -0.15) is 0 Å². The van der Waals surface area contributed by atoms with E-state index in [4.69, 9.17) is 0 Å². The van der Waals surface area contributed by atoms with Crippen LogP contribution in [0, 0.1) is 11.7 Å². The number of hydrogen-bond donors (Lipinski definition) is 1. The predicted octanol–water partition coefficient (Wildman–Crippen LogP) is 2.98. The van der Waals surface area contributed by atoms with Crippen LogP contribution in [-0.4, -0.2) is 5.91 Å². The minimum absolute atomic E-state index is 0.0204. The Morgan fingerprint density at radius 3 is 2.29 bits per heavy atom. The molecule has 92 valence electrons. The van der Waals surface area contributed by atoms with Crippen LogP contribution in [-0.2, 0) is 10.3 Å². The van der Waals surface area contributed by atoms with Gasteiger partial charge in [0.15, 0.2) is 0 Å². The van der Waals surface area contributed by atoms with Crippen molar-refractivity contribution in [2.24, 2.45) is 5.92 Å². The highest BCUT2D eigenvalue weighted by atomic mass is 19.1. The van der Waals surface area contributed by atoms with E-state index in [2.05, 4.69) is 5.32 Å². The van der Waals surface area contributed by atoms with Crippen molar-refractivity contribution in [1.29, 1.82) is 0 Å². The van der Waals surface area contributed by atoms with Gasteiger partial charge in [0, 0.05) is 5.92 Å². The molecule has 1 aromatic carbocycles. The van der Waals surface area contributed by atoms with Gasteiger partial charge < -0.3 is 5.32 Å². The molecule has 1 aliphatic rings. The van der Waals surface area contributed by atoms with Crippen molar-refractivity contribution in [3.63, 3.8) is 0 Å². The number of halogens is 1. The van der Waals surface area contributed by atoms with E-state index in [9.17, 15) is 9.18 Å². The van der Waals surface area contributed by atoms with Crippen LogP contribution in [0.3, 0.4) is 0 Å². The van der Waals surface area contributed by atoms with Crippen molar-refractivity contribution >= 4 is 5.91 Å². The zero-order valence-electron chi connectivity index (χ0n) is 10.3. The van der Waals surface area contributed by atoms with Crippen LogP contribution in [0.1, 0.15) is 38.7 Å². The molecule has 3 heteroatoms. The van der Waals surface area contributed by atoms with E-state index in [1.807, 2.05) is 13.8 Å². The van der Waals surface area contributed by atoms with Gasteiger partial charge in [0.2, 0.25) is 5.91 Å². The van der Waals surface area contributed by atoms with Crippen molar-refractivity contribution in [3.8, 4) is 0 Å². The van der Waals surface area contributed by atoms with Crippen molar-refractivity contribution in [2.75, 3.05) is 0 Å². The van der Waals surface area contributed by atoms with Crippen molar-refractivity contribution < 1.29 is 9.18 Å². The molecule has 1 amide bonds. The van der Waals surface area contributed by atoms with Crippen LogP contribution in [0.5, 0.6) is 0 Å². The molecule has 0 spiro atoms. The monoisotopic (exact) mass is 235 g/mol. The lowest BCUT2D eigenvalue weighted by Crippen LogP contribution is -2.51. The van der Waals surface area contributed by atoms with Gasteiger partial charge in [0.25, 0.3) is 0 Å². The molecular formula is C14H18FNO. The first-order valence-corrected chi connectivity index (χ1v) is 6.11. The van der Waals surface area contributed by atoms with Crippen LogP contribution >= 0.6 is 0 Å². The molecule has 0 aromatic heterocycles. The Balaban J connectivity index is 2.20. The summed E-state index contributed by atoms with van der Waals surface area (Å²) in [5, 5.41) is 3.10. The smallest absolute Gasteiger partial charge is 0.223 e. The van der Waals surface area contributed by atoms with Crippen LogP contribution in [0.4, 0.5) is 4.39 Å². The maximum absolute atomic E-state index is 12.9. The molecule has 0 atom stereocenters. The minimum atomic E-state index is -0.255. The van der Waals surface area contributed by atoms with Gasteiger partial charge in [-0.15, -0.1) is 0 Å². The molecule has 1 N–H and O–H groups in total. The van der Waals surface area contributed by atoms with Crippen LogP contribution in [0.25, 0.3) is 0 Å². The Kier molecular flexibility index (Phi) is 3.18. The molecule has 0 heterocycles. The summed E-state index contributed by atoms with van der Waals surface area (Å²) in [7, 11) is 0. The topological polar surface area (TPSA) is 29.1 Å². The first-order chi connectivity index (χ1) is 8.03. The summed E-state index contributed by atoms with van der Waals surface area (Å²) in [4.78, 5) is 11.8. The molecule has 0 bridgehead atoms. The number of carbonyl (C=O) groups is 1. The molecule has 1 fully saturated rings. The Bertz CT molecular complexity index is 407. The summed E-state index contributed by atoms with van der Waals surface area (Å²) in [5.74, 6) is -0.194.